The molecule has 0 aliphatic rings. The average Bonchev–Trinajstić information content (AvgIpc) is 2.08. The average molecular weight is 240 g/mol. The Morgan fingerprint density at radius 3 is 2.60 bits per heavy atom. The van der Waals surface area contributed by atoms with Crippen molar-refractivity contribution in [3.63, 3.8) is 0 Å². The molecule has 3 N–H and O–H groups in total. The van der Waals surface area contributed by atoms with Gasteiger partial charge in [-0.3, -0.25) is 4.79 Å². The molecule has 0 aromatic carbocycles. The van der Waals surface area contributed by atoms with Crippen LogP contribution in [-0.4, -0.2) is 17.1 Å². The molecule has 15 heavy (non-hydrogen) atoms. The predicted octanol–water partition coefficient (Wildman–Crippen LogP) is 1.82. The number of alkyl halides is 3. The van der Waals surface area contributed by atoms with E-state index in [4.69, 9.17) is 17.3 Å². The lowest BCUT2D eigenvalue weighted by atomic mass is 10.4. The third-order valence-electron chi connectivity index (χ3n) is 1.37. The molecule has 0 aliphatic carbocycles. The molecule has 1 aromatic heterocycles. The molecule has 0 unspecified atom stereocenters. The Hall–Kier alpha value is -1.50. The van der Waals surface area contributed by atoms with Gasteiger partial charge in [0, 0.05) is 6.20 Å². The van der Waals surface area contributed by atoms with E-state index in [0.717, 1.165) is 6.20 Å². The van der Waals surface area contributed by atoms with Crippen molar-refractivity contribution in [3.8, 4) is 0 Å². The molecule has 1 heterocycles. The highest BCUT2D eigenvalue weighted by Gasteiger charge is 2.39. The summed E-state index contributed by atoms with van der Waals surface area (Å²) >= 11 is 5.47. The van der Waals surface area contributed by atoms with E-state index in [1.807, 2.05) is 0 Å². The second kappa shape index (κ2) is 3.93. The van der Waals surface area contributed by atoms with Crippen molar-refractivity contribution in [2.24, 2.45) is 0 Å². The van der Waals surface area contributed by atoms with Gasteiger partial charge in [0.2, 0.25) is 0 Å². The minimum Gasteiger partial charge on any atom is -0.396 e. The van der Waals surface area contributed by atoms with E-state index in [1.54, 1.807) is 0 Å². The Morgan fingerprint density at radius 1 is 1.53 bits per heavy atom. The number of anilines is 2. The number of pyridine rings is 1. The topological polar surface area (TPSA) is 68.0 Å². The SMILES string of the molecule is Nc1cc(Cl)cnc1NC(=O)C(F)(F)F. The van der Waals surface area contributed by atoms with E-state index in [0.29, 0.717) is 0 Å². The number of nitrogens with two attached hydrogens (primary N) is 1. The Morgan fingerprint density at radius 2 is 2.13 bits per heavy atom. The molecule has 0 spiro atoms. The maximum atomic E-state index is 11.8. The summed E-state index contributed by atoms with van der Waals surface area (Å²) in [5, 5.41) is 1.68. The van der Waals surface area contributed by atoms with Crippen LogP contribution < -0.4 is 11.1 Å². The number of aromatic nitrogens is 1. The summed E-state index contributed by atoms with van der Waals surface area (Å²) in [6, 6.07) is 1.18. The first-order chi connectivity index (χ1) is 6.80. The van der Waals surface area contributed by atoms with Crippen LogP contribution in [0.3, 0.4) is 0 Å². The molecule has 0 saturated carbocycles. The maximum absolute atomic E-state index is 11.8. The maximum Gasteiger partial charge on any atom is 0.471 e. The van der Waals surface area contributed by atoms with Crippen molar-refractivity contribution in [2.45, 2.75) is 6.18 Å². The Bertz CT molecular complexity index is 394. The number of halogens is 4. The van der Waals surface area contributed by atoms with Crippen LogP contribution in [-0.2, 0) is 4.79 Å². The van der Waals surface area contributed by atoms with Gasteiger partial charge in [-0.2, -0.15) is 13.2 Å². The van der Waals surface area contributed by atoms with Gasteiger partial charge in [0.05, 0.1) is 10.7 Å². The zero-order chi connectivity index (χ0) is 11.6. The number of carbonyl (C=O) groups excluding carboxylic acids is 1. The molecule has 1 rings (SSSR count). The van der Waals surface area contributed by atoms with Crippen LogP contribution in [0.4, 0.5) is 24.7 Å². The van der Waals surface area contributed by atoms with Gasteiger partial charge in [-0.1, -0.05) is 11.6 Å². The summed E-state index contributed by atoms with van der Waals surface area (Å²) < 4.78 is 35.5. The summed E-state index contributed by atoms with van der Waals surface area (Å²) in [6.07, 6.45) is -3.91. The van der Waals surface area contributed by atoms with E-state index in [-0.39, 0.29) is 16.5 Å². The standard InChI is InChI=1S/C7H5ClF3N3O/c8-3-1-4(12)5(13-2-3)14-6(15)7(9,10)11/h1-2H,12H2,(H,13,14,15). The molecule has 1 amide bonds. The molecule has 8 heteroatoms. The number of nitrogens with zero attached hydrogens (tertiary/aromatic N) is 1. The molecule has 82 valence electrons. The van der Waals surface area contributed by atoms with Gasteiger partial charge in [-0.05, 0) is 6.07 Å². The number of nitrogens with one attached hydrogen (secondary N) is 1. The van der Waals surface area contributed by atoms with Crippen molar-refractivity contribution in [2.75, 3.05) is 11.1 Å². The molecule has 0 aliphatic heterocycles. The van der Waals surface area contributed by atoms with E-state index >= 15 is 0 Å². The first kappa shape index (κ1) is 11.6. The molecule has 0 atom stereocenters. The van der Waals surface area contributed by atoms with E-state index in [1.165, 1.54) is 11.4 Å². The summed E-state index contributed by atoms with van der Waals surface area (Å²) in [4.78, 5) is 13.9. The number of carbonyl (C=O) groups is 1. The quantitative estimate of drug-likeness (QED) is 0.785. The van der Waals surface area contributed by atoms with Gasteiger partial charge in [-0.25, -0.2) is 4.98 Å². The van der Waals surface area contributed by atoms with Gasteiger partial charge in [-0.15, -0.1) is 0 Å². The molecule has 4 nitrogen and oxygen atoms in total. The van der Waals surface area contributed by atoms with Crippen LogP contribution in [0, 0.1) is 0 Å². The fourth-order valence-electron chi connectivity index (χ4n) is 0.738. The van der Waals surface area contributed by atoms with Crippen LogP contribution in [0.2, 0.25) is 5.02 Å². The number of amides is 1. The molecule has 1 aromatic rings. The summed E-state index contributed by atoms with van der Waals surface area (Å²) in [5.41, 5.74) is 5.15. The lowest BCUT2D eigenvalue weighted by molar-refractivity contribution is -0.167. The summed E-state index contributed by atoms with van der Waals surface area (Å²) in [7, 11) is 0. The van der Waals surface area contributed by atoms with Crippen LogP contribution >= 0.6 is 11.6 Å². The van der Waals surface area contributed by atoms with Crippen molar-refractivity contribution in [1.82, 2.24) is 4.98 Å². The van der Waals surface area contributed by atoms with Crippen LogP contribution in [0.5, 0.6) is 0 Å². The monoisotopic (exact) mass is 239 g/mol. The number of rotatable bonds is 1. The minimum absolute atomic E-state index is 0.139. The smallest absolute Gasteiger partial charge is 0.396 e. The highest BCUT2D eigenvalue weighted by atomic mass is 35.5. The largest absolute Gasteiger partial charge is 0.471 e. The summed E-state index contributed by atoms with van der Waals surface area (Å²) in [5.74, 6) is -2.51. The van der Waals surface area contributed by atoms with Crippen molar-refractivity contribution < 1.29 is 18.0 Å². The van der Waals surface area contributed by atoms with Crippen molar-refractivity contribution >= 4 is 29.0 Å². The first-order valence-corrected chi connectivity index (χ1v) is 3.97. The molecule has 0 saturated heterocycles. The van der Waals surface area contributed by atoms with Crippen LogP contribution in [0.15, 0.2) is 12.3 Å². The third kappa shape index (κ3) is 2.98. The van der Waals surface area contributed by atoms with E-state index in [2.05, 4.69) is 4.98 Å². The summed E-state index contributed by atoms with van der Waals surface area (Å²) in [6.45, 7) is 0. The number of nitrogen functional groups attached to an aromatic ring is 1. The molecule has 0 bridgehead atoms. The minimum atomic E-state index is -4.98. The molecular formula is C7H5ClF3N3O. The molecular weight excluding hydrogens is 235 g/mol. The molecule has 0 fully saturated rings. The van der Waals surface area contributed by atoms with Crippen LogP contribution in [0.25, 0.3) is 0 Å². The lowest BCUT2D eigenvalue weighted by Gasteiger charge is -2.08. The van der Waals surface area contributed by atoms with Gasteiger partial charge in [0.15, 0.2) is 5.82 Å². The second-order valence-corrected chi connectivity index (χ2v) is 2.98. The highest BCUT2D eigenvalue weighted by molar-refractivity contribution is 6.30. The van der Waals surface area contributed by atoms with Gasteiger partial charge < -0.3 is 11.1 Å². The second-order valence-electron chi connectivity index (χ2n) is 2.54. The Kier molecular flexibility index (Phi) is 3.04. The fraction of sp³-hybridized carbons (Fsp3) is 0.143. The van der Waals surface area contributed by atoms with E-state index < -0.39 is 12.1 Å². The fourth-order valence-corrected chi connectivity index (χ4v) is 0.904. The Labute approximate surface area is 87.2 Å². The normalized spacial score (nSPS) is 11.2. The van der Waals surface area contributed by atoms with Crippen LogP contribution in [0.1, 0.15) is 0 Å². The van der Waals surface area contributed by atoms with E-state index in [9.17, 15) is 18.0 Å². The lowest BCUT2D eigenvalue weighted by Crippen LogP contribution is -2.30. The zero-order valence-corrected chi connectivity index (χ0v) is 7.86. The number of hydrogen-bond acceptors (Lipinski definition) is 3. The number of hydrogen-bond donors (Lipinski definition) is 2. The zero-order valence-electron chi connectivity index (χ0n) is 7.10. The third-order valence-corrected chi connectivity index (χ3v) is 1.58. The van der Waals surface area contributed by atoms with Gasteiger partial charge in [0.1, 0.15) is 0 Å². The Balaban J connectivity index is 2.87. The van der Waals surface area contributed by atoms with Gasteiger partial charge >= 0.3 is 12.1 Å². The van der Waals surface area contributed by atoms with Crippen molar-refractivity contribution in [1.29, 1.82) is 0 Å². The molecule has 0 radical (unpaired) electrons. The van der Waals surface area contributed by atoms with Gasteiger partial charge in [0.25, 0.3) is 0 Å². The first-order valence-electron chi connectivity index (χ1n) is 3.60. The highest BCUT2D eigenvalue weighted by Crippen LogP contribution is 2.22. The predicted molar refractivity (Wildman–Crippen MR) is 48.3 cm³/mol. The van der Waals surface area contributed by atoms with Crippen molar-refractivity contribution in [3.05, 3.63) is 17.3 Å².